The summed E-state index contributed by atoms with van der Waals surface area (Å²) in [6.07, 6.45) is -1.54. The minimum atomic E-state index is -1.54. The summed E-state index contributed by atoms with van der Waals surface area (Å²) in [5.74, 6) is -2.83. The van der Waals surface area contributed by atoms with Crippen molar-refractivity contribution < 1.29 is 29.3 Å². The van der Waals surface area contributed by atoms with Crippen LogP contribution in [0.3, 0.4) is 0 Å². The van der Waals surface area contributed by atoms with Crippen molar-refractivity contribution in [3.63, 3.8) is 0 Å². The Morgan fingerprint density at radius 2 is 1.96 bits per heavy atom. The second kappa shape index (κ2) is 6.03. The summed E-state index contributed by atoms with van der Waals surface area (Å²) < 4.78 is 4.43. The molecule has 25 heavy (non-hydrogen) atoms. The van der Waals surface area contributed by atoms with Crippen LogP contribution in [-0.4, -0.2) is 62.1 Å². The number of ketones is 1. The average Bonchev–Trinajstić information content (AvgIpc) is 2.81. The number of ether oxygens (including phenoxy) is 1. The number of carbonyl (C=O) groups is 3. The molecule has 1 aromatic rings. The normalized spacial score (nSPS) is 28.1. The zero-order valence-electron chi connectivity index (χ0n) is 14.0. The number of aliphatic carboxylic acids is 1. The first-order valence-electron chi connectivity index (χ1n) is 7.79. The molecule has 0 aromatic heterocycles. The molecule has 0 spiro atoms. The lowest BCUT2D eigenvalue weighted by molar-refractivity contribution is -0.167. The Bertz CT molecular complexity index is 748. The zero-order chi connectivity index (χ0) is 18.5. The molecule has 8 heteroatoms. The van der Waals surface area contributed by atoms with Crippen LogP contribution >= 0.6 is 11.8 Å². The maximum absolute atomic E-state index is 12.6. The van der Waals surface area contributed by atoms with Gasteiger partial charge in [-0.3, -0.25) is 9.59 Å². The van der Waals surface area contributed by atoms with Gasteiger partial charge in [0, 0.05) is 4.75 Å². The van der Waals surface area contributed by atoms with E-state index in [1.165, 1.54) is 29.8 Å². The van der Waals surface area contributed by atoms with Crippen molar-refractivity contribution in [2.24, 2.45) is 5.92 Å². The van der Waals surface area contributed by atoms with Gasteiger partial charge in [-0.2, -0.15) is 0 Å². The molecule has 0 radical (unpaired) electrons. The number of amides is 1. The summed E-state index contributed by atoms with van der Waals surface area (Å²) in [5, 5.41) is 19.4. The molecule has 1 aromatic carbocycles. The van der Waals surface area contributed by atoms with Gasteiger partial charge in [-0.25, -0.2) is 4.79 Å². The van der Waals surface area contributed by atoms with Crippen LogP contribution in [0.15, 0.2) is 24.3 Å². The lowest BCUT2D eigenvalue weighted by Crippen LogP contribution is -2.66. The van der Waals surface area contributed by atoms with Crippen molar-refractivity contribution in [3.05, 3.63) is 29.8 Å². The van der Waals surface area contributed by atoms with Crippen molar-refractivity contribution in [1.29, 1.82) is 0 Å². The number of β-lactam (4-membered cyclic amide) rings is 1. The molecule has 3 rings (SSSR count). The Hall–Kier alpha value is -2.06. The predicted octanol–water partition coefficient (Wildman–Crippen LogP) is 1.00. The number of aliphatic hydroxyl groups excluding tert-OH is 1. The SMILES string of the molecule is COc1ccccc1C(=O)[C@H](O)[C@@H]1C(=O)N2[C@@H]1SC(C)(C)[C@@H]2C(=O)O. The van der Waals surface area contributed by atoms with E-state index in [4.69, 9.17) is 4.74 Å². The Kier molecular flexibility index (Phi) is 4.28. The molecule has 0 aliphatic carbocycles. The second-order valence-electron chi connectivity index (χ2n) is 6.63. The number of hydrogen-bond acceptors (Lipinski definition) is 6. The van der Waals surface area contributed by atoms with E-state index in [1.54, 1.807) is 32.0 Å². The van der Waals surface area contributed by atoms with E-state index >= 15 is 0 Å². The van der Waals surface area contributed by atoms with Crippen LogP contribution in [0.2, 0.25) is 0 Å². The third-order valence-electron chi connectivity index (χ3n) is 4.70. The lowest BCUT2D eigenvalue weighted by atomic mass is 9.84. The van der Waals surface area contributed by atoms with Crippen LogP contribution < -0.4 is 4.74 Å². The second-order valence-corrected chi connectivity index (χ2v) is 8.40. The van der Waals surface area contributed by atoms with E-state index in [0.29, 0.717) is 5.75 Å². The Morgan fingerprint density at radius 1 is 1.32 bits per heavy atom. The molecule has 0 saturated carbocycles. The number of rotatable bonds is 5. The highest BCUT2D eigenvalue weighted by molar-refractivity contribution is 8.01. The number of thioether (sulfide) groups is 1. The molecule has 134 valence electrons. The van der Waals surface area contributed by atoms with Gasteiger partial charge in [0.15, 0.2) is 5.78 Å². The summed E-state index contributed by atoms with van der Waals surface area (Å²) in [5.41, 5.74) is 0.195. The molecule has 2 heterocycles. The molecule has 2 fully saturated rings. The maximum Gasteiger partial charge on any atom is 0.327 e. The van der Waals surface area contributed by atoms with E-state index in [9.17, 15) is 24.6 Å². The van der Waals surface area contributed by atoms with Gasteiger partial charge in [0.25, 0.3) is 0 Å². The van der Waals surface area contributed by atoms with Crippen molar-refractivity contribution >= 4 is 29.4 Å². The maximum atomic E-state index is 12.6. The number of methoxy groups -OCH3 is 1. The van der Waals surface area contributed by atoms with Crippen LogP contribution in [0.1, 0.15) is 24.2 Å². The fourth-order valence-electron chi connectivity index (χ4n) is 3.50. The zero-order valence-corrected chi connectivity index (χ0v) is 14.8. The summed E-state index contributed by atoms with van der Waals surface area (Å²) in [6, 6.07) is 5.50. The number of Topliss-reactive ketones (excluding diaryl/α,β-unsaturated/α-hetero) is 1. The number of fused-ring (bicyclic) bond motifs is 1. The Labute approximate surface area is 149 Å². The van der Waals surface area contributed by atoms with Gasteiger partial charge >= 0.3 is 5.97 Å². The summed E-state index contributed by atoms with van der Waals surface area (Å²) in [4.78, 5) is 37.9. The van der Waals surface area contributed by atoms with E-state index in [-0.39, 0.29) is 5.56 Å². The number of hydrogen-bond donors (Lipinski definition) is 2. The number of carboxylic acids is 1. The van der Waals surface area contributed by atoms with E-state index in [0.717, 1.165) is 0 Å². The molecular formula is C17H19NO6S. The Morgan fingerprint density at radius 3 is 2.56 bits per heavy atom. The molecule has 0 bridgehead atoms. The summed E-state index contributed by atoms with van der Waals surface area (Å²) in [6.45, 7) is 3.49. The molecule has 4 atom stereocenters. The minimum absolute atomic E-state index is 0.195. The van der Waals surface area contributed by atoms with Gasteiger partial charge in [0.2, 0.25) is 5.91 Å². The summed E-state index contributed by atoms with van der Waals surface area (Å²) in [7, 11) is 1.42. The van der Waals surface area contributed by atoms with Gasteiger partial charge in [-0.1, -0.05) is 12.1 Å². The predicted molar refractivity (Wildman–Crippen MR) is 90.5 cm³/mol. The van der Waals surface area contributed by atoms with Crippen LogP contribution in [0.5, 0.6) is 5.75 Å². The van der Waals surface area contributed by atoms with Gasteiger partial charge in [0.1, 0.15) is 23.8 Å². The molecule has 0 unspecified atom stereocenters. The fraction of sp³-hybridized carbons (Fsp3) is 0.471. The number of benzene rings is 1. The number of nitrogens with zero attached hydrogens (tertiary/aromatic N) is 1. The first-order valence-corrected chi connectivity index (χ1v) is 8.66. The van der Waals surface area contributed by atoms with Crippen LogP contribution in [0, 0.1) is 5.92 Å². The lowest BCUT2D eigenvalue weighted by Gasteiger charge is -2.45. The van der Waals surface area contributed by atoms with E-state index in [2.05, 4.69) is 0 Å². The van der Waals surface area contributed by atoms with Gasteiger partial charge in [-0.05, 0) is 26.0 Å². The average molecular weight is 365 g/mol. The first kappa shape index (κ1) is 17.8. The number of para-hydroxylation sites is 1. The highest BCUT2D eigenvalue weighted by Gasteiger charge is 2.66. The molecule has 2 saturated heterocycles. The van der Waals surface area contributed by atoms with Crippen molar-refractivity contribution in [2.75, 3.05) is 7.11 Å². The van der Waals surface area contributed by atoms with Crippen LogP contribution in [0.25, 0.3) is 0 Å². The minimum Gasteiger partial charge on any atom is -0.496 e. The fourth-order valence-corrected chi connectivity index (χ4v) is 5.22. The van der Waals surface area contributed by atoms with Gasteiger partial charge in [0.05, 0.1) is 18.0 Å². The highest BCUT2D eigenvalue weighted by Crippen LogP contribution is 2.54. The van der Waals surface area contributed by atoms with Crippen LogP contribution in [0.4, 0.5) is 0 Å². The van der Waals surface area contributed by atoms with Gasteiger partial charge in [-0.15, -0.1) is 11.8 Å². The number of aliphatic hydroxyl groups is 1. The van der Waals surface area contributed by atoms with Crippen molar-refractivity contribution in [2.45, 2.75) is 36.1 Å². The largest absolute Gasteiger partial charge is 0.496 e. The molecule has 2 aliphatic heterocycles. The molecule has 2 N–H and O–H groups in total. The Balaban J connectivity index is 1.85. The number of carbonyl (C=O) groups excluding carboxylic acids is 2. The monoisotopic (exact) mass is 365 g/mol. The van der Waals surface area contributed by atoms with E-state index in [1.807, 2.05) is 0 Å². The van der Waals surface area contributed by atoms with E-state index < -0.39 is 45.8 Å². The molecule has 2 aliphatic rings. The van der Waals surface area contributed by atoms with Crippen molar-refractivity contribution in [1.82, 2.24) is 4.90 Å². The molecule has 7 nitrogen and oxygen atoms in total. The standard InChI is InChI=1S/C17H19NO6S/c1-17(2)13(16(22)23)18-14(21)10(15(18)25-17)12(20)11(19)8-6-4-5-7-9(8)24-3/h4-7,10,12-13,15,20H,1-3H3,(H,22,23)/t10-,12-,13+,15-/m1/s1. The molecule has 1 amide bonds. The van der Waals surface area contributed by atoms with Gasteiger partial charge < -0.3 is 19.8 Å². The first-order chi connectivity index (χ1) is 11.7. The summed E-state index contributed by atoms with van der Waals surface area (Å²) >= 11 is 1.30. The van der Waals surface area contributed by atoms with Crippen LogP contribution in [-0.2, 0) is 9.59 Å². The highest BCUT2D eigenvalue weighted by atomic mass is 32.2. The number of carboxylic acid groups (broad SMARTS) is 1. The molecular weight excluding hydrogens is 346 g/mol. The third kappa shape index (κ3) is 2.60. The smallest absolute Gasteiger partial charge is 0.327 e. The van der Waals surface area contributed by atoms with Crippen molar-refractivity contribution in [3.8, 4) is 5.75 Å². The quantitative estimate of drug-likeness (QED) is 0.592. The topological polar surface area (TPSA) is 104 Å². The third-order valence-corrected chi connectivity index (χ3v) is 6.29.